The van der Waals surface area contributed by atoms with Crippen molar-refractivity contribution in [1.29, 1.82) is 0 Å². The summed E-state index contributed by atoms with van der Waals surface area (Å²) < 4.78 is 44.3. The second kappa shape index (κ2) is 10.4. The van der Waals surface area contributed by atoms with Crippen LogP contribution in [0.2, 0.25) is 0 Å². The van der Waals surface area contributed by atoms with Crippen LogP contribution < -0.4 is 0 Å². The third-order valence-corrected chi connectivity index (χ3v) is 10.2. The second-order valence-electron chi connectivity index (χ2n) is 9.32. The van der Waals surface area contributed by atoms with Crippen LogP contribution in [0.1, 0.15) is 24.5 Å². The Morgan fingerprint density at radius 3 is 2.42 bits per heavy atom. The van der Waals surface area contributed by atoms with Gasteiger partial charge in [-0.2, -0.15) is 0 Å². The number of sulfone groups is 1. The normalized spacial score (nSPS) is 22.5. The number of halogens is 1. The molecule has 0 spiro atoms. The topological polar surface area (TPSA) is 37.4 Å². The maximum Gasteiger partial charge on any atom is 0.240 e. The van der Waals surface area contributed by atoms with Gasteiger partial charge in [-0.1, -0.05) is 85.8 Å². The average molecular weight is 520 g/mol. The molecule has 1 fully saturated rings. The lowest BCUT2D eigenvalue weighted by Gasteiger charge is -2.34. The molecule has 1 saturated heterocycles. The van der Waals surface area contributed by atoms with E-state index in [-0.39, 0.29) is 4.90 Å². The van der Waals surface area contributed by atoms with E-state index in [1.807, 2.05) is 73.3 Å². The van der Waals surface area contributed by atoms with E-state index in [0.29, 0.717) is 12.0 Å². The highest BCUT2D eigenvalue weighted by molar-refractivity contribution is 7.99. The van der Waals surface area contributed by atoms with E-state index >= 15 is 4.39 Å². The third kappa shape index (κ3) is 4.70. The van der Waals surface area contributed by atoms with Gasteiger partial charge in [0.1, 0.15) is 0 Å². The van der Waals surface area contributed by atoms with Crippen molar-refractivity contribution in [3.63, 3.8) is 0 Å². The predicted molar refractivity (Wildman–Crippen MR) is 148 cm³/mol. The zero-order chi connectivity index (χ0) is 25.2. The number of hydrogen-bond donors (Lipinski definition) is 0. The Morgan fingerprint density at radius 2 is 1.72 bits per heavy atom. The van der Waals surface area contributed by atoms with E-state index in [9.17, 15) is 8.42 Å². The first-order chi connectivity index (χ1) is 17.4. The maximum atomic E-state index is 16.7. The van der Waals surface area contributed by atoms with Gasteiger partial charge in [0.2, 0.25) is 14.8 Å². The lowest BCUT2D eigenvalue weighted by molar-refractivity contribution is 0.259. The number of thioether (sulfide) groups is 1. The monoisotopic (exact) mass is 519 g/mol. The number of hydrogen-bond acceptors (Lipinski definition) is 4. The smallest absolute Gasteiger partial charge is 0.240 e. The fraction of sp³-hybridized carbons (Fsp3) is 0.267. The van der Waals surface area contributed by atoms with Crippen LogP contribution >= 0.6 is 11.8 Å². The van der Waals surface area contributed by atoms with Crippen molar-refractivity contribution >= 4 is 27.2 Å². The summed E-state index contributed by atoms with van der Waals surface area (Å²) in [4.78, 5) is 2.41. The van der Waals surface area contributed by atoms with Gasteiger partial charge >= 0.3 is 0 Å². The highest BCUT2D eigenvalue weighted by Gasteiger charge is 2.51. The number of benzene rings is 3. The molecule has 3 aromatic carbocycles. The van der Waals surface area contributed by atoms with Crippen LogP contribution in [-0.4, -0.2) is 36.5 Å². The molecule has 5 rings (SSSR count). The van der Waals surface area contributed by atoms with Gasteiger partial charge in [-0.25, -0.2) is 12.8 Å². The molecule has 2 aliphatic rings. The number of nitrogens with zero attached hydrogens (tertiary/aromatic N) is 1. The molecule has 36 heavy (non-hydrogen) atoms. The van der Waals surface area contributed by atoms with E-state index in [1.165, 1.54) is 29.5 Å². The van der Waals surface area contributed by atoms with Crippen molar-refractivity contribution in [1.82, 2.24) is 4.90 Å². The summed E-state index contributed by atoms with van der Waals surface area (Å²) >= 11 is 1.95. The first-order valence-corrected chi connectivity index (χ1v) is 14.9. The Hall–Kier alpha value is -2.67. The van der Waals surface area contributed by atoms with E-state index < -0.39 is 20.8 Å². The summed E-state index contributed by atoms with van der Waals surface area (Å²) in [5.41, 5.74) is 4.44. The van der Waals surface area contributed by atoms with Crippen LogP contribution in [0.3, 0.4) is 0 Å². The van der Waals surface area contributed by atoms with Gasteiger partial charge in [0.05, 0.1) is 4.90 Å². The van der Waals surface area contributed by atoms with Gasteiger partial charge in [-0.15, -0.1) is 11.8 Å². The summed E-state index contributed by atoms with van der Waals surface area (Å²) in [6.45, 7) is 3.85. The van der Waals surface area contributed by atoms with Crippen molar-refractivity contribution in [3.05, 3.63) is 108 Å². The summed E-state index contributed by atoms with van der Waals surface area (Å²) in [7, 11) is -4.32. The predicted octanol–water partition coefficient (Wildman–Crippen LogP) is 6.98. The molecule has 6 heteroatoms. The summed E-state index contributed by atoms with van der Waals surface area (Å²) in [5.74, 6) is 1.43. The van der Waals surface area contributed by atoms with Crippen LogP contribution in [0, 0.1) is 5.92 Å². The van der Waals surface area contributed by atoms with Crippen LogP contribution in [0.4, 0.5) is 4.39 Å². The Balaban J connectivity index is 1.44. The Morgan fingerprint density at radius 1 is 0.972 bits per heavy atom. The summed E-state index contributed by atoms with van der Waals surface area (Å²) in [6.07, 6.45) is 4.93. The first kappa shape index (κ1) is 25.0. The molecule has 0 radical (unpaired) electrons. The number of allylic oxidation sites excluding steroid dienone is 3. The molecule has 0 amide bonds. The van der Waals surface area contributed by atoms with Gasteiger partial charge < -0.3 is 0 Å². The van der Waals surface area contributed by atoms with Gasteiger partial charge in [-0.3, -0.25) is 4.90 Å². The van der Waals surface area contributed by atoms with Crippen molar-refractivity contribution in [3.8, 4) is 11.1 Å². The molecule has 186 valence electrons. The van der Waals surface area contributed by atoms with E-state index in [0.717, 1.165) is 35.7 Å². The summed E-state index contributed by atoms with van der Waals surface area (Å²) in [6, 6.07) is 24.3. The Labute approximate surface area is 217 Å². The van der Waals surface area contributed by atoms with Gasteiger partial charge in [0.25, 0.3) is 0 Å². The lowest BCUT2D eigenvalue weighted by atomic mass is 9.83. The first-order valence-electron chi connectivity index (χ1n) is 12.3. The molecular weight excluding hydrogens is 489 g/mol. The molecule has 3 aromatic rings. The molecule has 0 aromatic heterocycles. The zero-order valence-corrected chi connectivity index (χ0v) is 21.9. The van der Waals surface area contributed by atoms with Crippen LogP contribution in [0.15, 0.2) is 102 Å². The summed E-state index contributed by atoms with van der Waals surface area (Å²) in [5, 5.41) is -2.53. The zero-order valence-electron chi connectivity index (χ0n) is 20.3. The SMILES string of the molecule is CCC1C(c2ccccc2)=CC=CC1(F)S(=O)(=O)c1cccc(-c2ccc(CN3CCSC3)cc2)c1. The second-order valence-corrected chi connectivity index (χ2v) is 12.5. The number of rotatable bonds is 7. The molecule has 0 N–H and O–H groups in total. The van der Waals surface area contributed by atoms with Gasteiger partial charge in [-0.05, 0) is 52.5 Å². The molecule has 3 nitrogen and oxygen atoms in total. The van der Waals surface area contributed by atoms with Crippen molar-refractivity contribution in [2.24, 2.45) is 5.92 Å². The van der Waals surface area contributed by atoms with Gasteiger partial charge in [0, 0.05) is 30.6 Å². The Kier molecular flexibility index (Phi) is 7.20. The minimum Gasteiger partial charge on any atom is -0.289 e. The molecule has 1 aliphatic carbocycles. The minimum atomic E-state index is -4.32. The standard InChI is InChI=1S/C30H30FNO2S2/c1-2-29-28(25-8-4-3-5-9-25)12-7-17-30(29,31)36(33,34)27-11-6-10-26(20-27)24-15-13-23(14-16-24)21-32-18-19-35-22-32/h3-17,20,29H,2,18-19,21-22H2,1H3. The Bertz CT molecular complexity index is 1380. The molecule has 2 atom stereocenters. The molecular formula is C30H30FNO2S2. The molecule has 0 bridgehead atoms. The fourth-order valence-corrected chi connectivity index (χ4v) is 7.91. The van der Waals surface area contributed by atoms with Crippen molar-refractivity contribution in [2.75, 3.05) is 18.2 Å². The van der Waals surface area contributed by atoms with Crippen LogP contribution in [0.5, 0.6) is 0 Å². The molecule has 0 saturated carbocycles. The largest absolute Gasteiger partial charge is 0.289 e. The maximum absolute atomic E-state index is 16.7. The third-order valence-electron chi connectivity index (χ3n) is 7.04. The van der Waals surface area contributed by atoms with E-state index in [4.69, 9.17) is 0 Å². The minimum absolute atomic E-state index is 0.00178. The molecule has 1 aliphatic heterocycles. The van der Waals surface area contributed by atoms with E-state index in [2.05, 4.69) is 17.0 Å². The van der Waals surface area contributed by atoms with Gasteiger partial charge in [0.15, 0.2) is 0 Å². The highest BCUT2D eigenvalue weighted by atomic mass is 32.2. The van der Waals surface area contributed by atoms with Crippen LogP contribution in [0.25, 0.3) is 16.7 Å². The average Bonchev–Trinajstić information content (AvgIpc) is 3.42. The van der Waals surface area contributed by atoms with Crippen molar-refractivity contribution in [2.45, 2.75) is 29.8 Å². The van der Waals surface area contributed by atoms with Crippen LogP contribution in [-0.2, 0) is 16.4 Å². The number of alkyl halides is 1. The quantitative estimate of drug-likeness (QED) is 0.338. The fourth-order valence-electron chi connectivity index (χ4n) is 5.09. The molecule has 1 heterocycles. The van der Waals surface area contributed by atoms with Crippen molar-refractivity contribution < 1.29 is 12.8 Å². The van der Waals surface area contributed by atoms with E-state index in [1.54, 1.807) is 12.1 Å². The molecule has 2 unspecified atom stereocenters. The lowest BCUT2D eigenvalue weighted by Crippen LogP contribution is -2.41. The highest BCUT2D eigenvalue weighted by Crippen LogP contribution is 2.46.